The Hall–Kier alpha value is -2.87. The molecule has 1 aromatic rings. The van der Waals surface area contributed by atoms with Crippen LogP contribution in [0.1, 0.15) is 18.1 Å². The second-order valence-corrected chi connectivity index (χ2v) is 5.87. The molecular weight excluding hydrogens is 340 g/mol. The number of ether oxygens (including phenoxy) is 3. The van der Waals surface area contributed by atoms with E-state index in [4.69, 9.17) is 14.2 Å². The third-order valence-electron chi connectivity index (χ3n) is 3.88. The molecule has 1 amide bonds. The van der Waals surface area contributed by atoms with E-state index in [1.54, 1.807) is 6.07 Å². The molecule has 1 aliphatic rings. The highest BCUT2D eigenvalue weighted by molar-refractivity contribution is 6.05. The maximum Gasteiger partial charge on any atom is 0.355 e. The summed E-state index contributed by atoms with van der Waals surface area (Å²) in [4.78, 5) is 37.7. The minimum absolute atomic E-state index is 0.0143. The Bertz CT molecular complexity index is 784. The van der Waals surface area contributed by atoms with Crippen LogP contribution in [0.5, 0.6) is 0 Å². The second kappa shape index (κ2) is 8.01. The predicted molar refractivity (Wildman–Crippen MR) is 94.6 cm³/mol. The summed E-state index contributed by atoms with van der Waals surface area (Å²) in [6.45, 7) is 5.07. The fraction of sp³-hybridized carbons (Fsp3) is 0.389. The van der Waals surface area contributed by atoms with Gasteiger partial charge in [-0.05, 0) is 31.0 Å². The minimum Gasteiger partial charge on any atom is -0.466 e. The fourth-order valence-corrected chi connectivity index (χ4v) is 2.83. The third-order valence-corrected chi connectivity index (χ3v) is 3.88. The van der Waals surface area contributed by atoms with Crippen LogP contribution in [-0.4, -0.2) is 45.4 Å². The summed E-state index contributed by atoms with van der Waals surface area (Å²) in [7, 11) is 2.46. The molecule has 0 spiro atoms. The van der Waals surface area contributed by atoms with Crippen molar-refractivity contribution in [3.8, 4) is 0 Å². The molecule has 140 valence electrons. The number of hydrogen-bond donors (Lipinski definition) is 1. The van der Waals surface area contributed by atoms with Crippen LogP contribution in [-0.2, 0) is 28.6 Å². The Kier molecular flexibility index (Phi) is 5.99. The van der Waals surface area contributed by atoms with E-state index < -0.39 is 11.9 Å². The molecule has 1 heterocycles. The van der Waals surface area contributed by atoms with Crippen molar-refractivity contribution in [1.29, 1.82) is 0 Å². The number of benzene rings is 1. The molecule has 0 aliphatic carbocycles. The van der Waals surface area contributed by atoms with Gasteiger partial charge in [0.25, 0.3) is 0 Å². The maximum atomic E-state index is 12.4. The highest BCUT2D eigenvalue weighted by Crippen LogP contribution is 2.35. The standard InChI is InChI=1S/C18H22N2O6/c1-10-6-11(2)15(19-12(3)21)14(7-10)20-9-26-8-13(17(22)24-4)16(20)18(23)25-5/h6-7H,8-9H2,1-5H3,(H,19,21). The van der Waals surface area contributed by atoms with E-state index in [-0.39, 0.29) is 30.5 Å². The Morgan fingerprint density at radius 2 is 1.77 bits per heavy atom. The number of nitrogens with zero attached hydrogens (tertiary/aromatic N) is 1. The summed E-state index contributed by atoms with van der Waals surface area (Å²) < 4.78 is 15.1. The van der Waals surface area contributed by atoms with Gasteiger partial charge >= 0.3 is 11.9 Å². The normalized spacial score (nSPS) is 14.1. The number of methoxy groups -OCH3 is 2. The van der Waals surface area contributed by atoms with E-state index in [9.17, 15) is 14.4 Å². The van der Waals surface area contributed by atoms with Gasteiger partial charge in [0.2, 0.25) is 5.91 Å². The number of carbonyl (C=O) groups excluding carboxylic acids is 3. The van der Waals surface area contributed by atoms with Gasteiger partial charge < -0.3 is 24.4 Å². The van der Waals surface area contributed by atoms with Crippen LogP contribution >= 0.6 is 0 Å². The van der Waals surface area contributed by atoms with E-state index in [0.717, 1.165) is 11.1 Å². The van der Waals surface area contributed by atoms with Crippen LogP contribution in [0.2, 0.25) is 0 Å². The number of nitrogens with one attached hydrogen (secondary N) is 1. The molecule has 2 rings (SSSR count). The maximum absolute atomic E-state index is 12.4. The van der Waals surface area contributed by atoms with E-state index in [0.29, 0.717) is 11.4 Å². The number of anilines is 2. The molecule has 8 heteroatoms. The number of carbonyl (C=O) groups is 3. The van der Waals surface area contributed by atoms with Crippen LogP contribution in [0.4, 0.5) is 11.4 Å². The van der Waals surface area contributed by atoms with Gasteiger partial charge in [0.1, 0.15) is 12.4 Å². The smallest absolute Gasteiger partial charge is 0.355 e. The third kappa shape index (κ3) is 3.85. The summed E-state index contributed by atoms with van der Waals surface area (Å²) in [6, 6.07) is 3.70. The molecule has 0 unspecified atom stereocenters. The van der Waals surface area contributed by atoms with E-state index in [1.807, 2.05) is 19.9 Å². The molecule has 1 N–H and O–H groups in total. The van der Waals surface area contributed by atoms with Crippen LogP contribution in [0.15, 0.2) is 23.4 Å². The highest BCUT2D eigenvalue weighted by Gasteiger charge is 2.33. The Morgan fingerprint density at radius 3 is 2.35 bits per heavy atom. The average molecular weight is 362 g/mol. The molecule has 0 bridgehead atoms. The summed E-state index contributed by atoms with van der Waals surface area (Å²) in [5.74, 6) is -1.63. The van der Waals surface area contributed by atoms with Gasteiger partial charge in [-0.2, -0.15) is 0 Å². The monoisotopic (exact) mass is 362 g/mol. The first-order valence-corrected chi connectivity index (χ1v) is 7.94. The topological polar surface area (TPSA) is 94.2 Å². The zero-order valence-electron chi connectivity index (χ0n) is 15.5. The van der Waals surface area contributed by atoms with E-state index in [1.165, 1.54) is 26.0 Å². The number of hydrogen-bond acceptors (Lipinski definition) is 7. The van der Waals surface area contributed by atoms with Crippen LogP contribution in [0.25, 0.3) is 0 Å². The molecule has 0 radical (unpaired) electrons. The fourth-order valence-electron chi connectivity index (χ4n) is 2.83. The van der Waals surface area contributed by atoms with Crippen LogP contribution in [0.3, 0.4) is 0 Å². The zero-order valence-corrected chi connectivity index (χ0v) is 15.5. The van der Waals surface area contributed by atoms with Crippen molar-refractivity contribution >= 4 is 29.2 Å². The van der Waals surface area contributed by atoms with Gasteiger partial charge in [0.15, 0.2) is 0 Å². The van der Waals surface area contributed by atoms with Crippen molar-refractivity contribution in [2.75, 3.05) is 37.8 Å². The number of amides is 1. The predicted octanol–water partition coefficient (Wildman–Crippen LogP) is 1.66. The lowest BCUT2D eigenvalue weighted by molar-refractivity contribution is -0.140. The number of aryl methyl sites for hydroxylation is 2. The molecule has 0 saturated carbocycles. The Morgan fingerprint density at radius 1 is 1.12 bits per heavy atom. The van der Waals surface area contributed by atoms with Crippen LogP contribution < -0.4 is 10.2 Å². The van der Waals surface area contributed by atoms with Crippen LogP contribution in [0, 0.1) is 13.8 Å². The first kappa shape index (κ1) is 19.5. The molecule has 0 saturated heterocycles. The quantitative estimate of drug-likeness (QED) is 0.814. The molecule has 0 aromatic heterocycles. The van der Waals surface area contributed by atoms with Crippen molar-refractivity contribution in [2.45, 2.75) is 20.8 Å². The molecule has 1 aromatic carbocycles. The lowest BCUT2D eigenvalue weighted by atomic mass is 10.1. The van der Waals surface area contributed by atoms with Gasteiger partial charge in [-0.3, -0.25) is 4.79 Å². The second-order valence-electron chi connectivity index (χ2n) is 5.87. The SMILES string of the molecule is COC(=O)C1=C(C(=O)OC)N(c2cc(C)cc(C)c2NC(C)=O)COC1. The van der Waals surface area contributed by atoms with Crippen molar-refractivity contribution in [3.63, 3.8) is 0 Å². The zero-order chi connectivity index (χ0) is 19.4. The lowest BCUT2D eigenvalue weighted by Crippen LogP contribution is -2.39. The van der Waals surface area contributed by atoms with E-state index >= 15 is 0 Å². The lowest BCUT2D eigenvalue weighted by Gasteiger charge is -2.33. The van der Waals surface area contributed by atoms with Crippen molar-refractivity contribution in [2.24, 2.45) is 0 Å². The van der Waals surface area contributed by atoms with Crippen molar-refractivity contribution < 1.29 is 28.6 Å². The average Bonchev–Trinajstić information content (AvgIpc) is 2.61. The summed E-state index contributed by atoms with van der Waals surface area (Å²) in [5, 5.41) is 2.77. The molecular formula is C18H22N2O6. The van der Waals surface area contributed by atoms with Crippen molar-refractivity contribution in [1.82, 2.24) is 0 Å². The summed E-state index contributed by atoms with van der Waals surface area (Å²) >= 11 is 0. The number of rotatable bonds is 4. The Balaban J connectivity index is 2.70. The molecule has 0 fully saturated rings. The summed E-state index contributed by atoms with van der Waals surface area (Å²) in [6.07, 6.45) is 0. The number of esters is 2. The highest BCUT2D eigenvalue weighted by atomic mass is 16.5. The van der Waals surface area contributed by atoms with Gasteiger partial charge in [-0.15, -0.1) is 0 Å². The van der Waals surface area contributed by atoms with E-state index in [2.05, 4.69) is 5.32 Å². The molecule has 1 aliphatic heterocycles. The Labute approximate surface area is 151 Å². The molecule has 0 atom stereocenters. The largest absolute Gasteiger partial charge is 0.466 e. The summed E-state index contributed by atoms with van der Waals surface area (Å²) in [5.41, 5.74) is 2.87. The molecule has 26 heavy (non-hydrogen) atoms. The first-order chi connectivity index (χ1) is 12.3. The van der Waals surface area contributed by atoms with Crippen molar-refractivity contribution in [3.05, 3.63) is 34.5 Å². The van der Waals surface area contributed by atoms with Gasteiger partial charge in [-0.25, -0.2) is 9.59 Å². The minimum atomic E-state index is -0.693. The molecule has 8 nitrogen and oxygen atoms in total. The van der Waals surface area contributed by atoms with Gasteiger partial charge in [-0.1, -0.05) is 6.07 Å². The van der Waals surface area contributed by atoms with Gasteiger partial charge in [0.05, 0.1) is 37.8 Å². The van der Waals surface area contributed by atoms with Gasteiger partial charge in [0, 0.05) is 6.92 Å². The first-order valence-electron chi connectivity index (χ1n) is 7.94.